The molecule has 1 aliphatic heterocycles. The van der Waals surface area contributed by atoms with E-state index in [-0.39, 0.29) is 17.6 Å². The van der Waals surface area contributed by atoms with Gasteiger partial charge in [0.05, 0.1) is 5.92 Å². The third-order valence-corrected chi connectivity index (χ3v) is 5.47. The number of nitrogens with zero attached hydrogens (tertiary/aromatic N) is 3. The van der Waals surface area contributed by atoms with Crippen LogP contribution in [0.25, 0.3) is 11.1 Å². The molecule has 0 aliphatic carbocycles. The van der Waals surface area contributed by atoms with Gasteiger partial charge in [-0.15, -0.1) is 0 Å². The van der Waals surface area contributed by atoms with Crippen molar-refractivity contribution in [2.45, 2.75) is 51.9 Å². The number of carbonyl (C=O) groups excluding carboxylic acids is 1. The number of aromatic nitrogens is 2. The third-order valence-electron chi connectivity index (χ3n) is 5.47. The Hall–Kier alpha value is -2.50. The average Bonchev–Trinajstić information content (AvgIpc) is 2.77. The summed E-state index contributed by atoms with van der Waals surface area (Å²) < 4.78 is 13.1. The molecule has 1 fully saturated rings. The van der Waals surface area contributed by atoms with Gasteiger partial charge in [0.2, 0.25) is 11.9 Å². The van der Waals surface area contributed by atoms with Crippen LogP contribution < -0.4 is 10.2 Å². The van der Waals surface area contributed by atoms with E-state index >= 15 is 0 Å². The van der Waals surface area contributed by atoms with Crippen LogP contribution >= 0.6 is 0 Å². The number of nitrogens with one attached hydrogen (secondary N) is 1. The van der Waals surface area contributed by atoms with E-state index in [1.165, 1.54) is 37.8 Å². The molecule has 0 spiro atoms. The Morgan fingerprint density at radius 3 is 2.55 bits per heavy atom. The van der Waals surface area contributed by atoms with E-state index in [0.717, 1.165) is 43.5 Å². The maximum atomic E-state index is 13.1. The lowest BCUT2D eigenvalue weighted by atomic mass is 9.97. The molecule has 2 heterocycles. The Labute approximate surface area is 172 Å². The number of anilines is 1. The summed E-state index contributed by atoms with van der Waals surface area (Å²) in [5.74, 6) is 0.519. The first kappa shape index (κ1) is 21.2. The van der Waals surface area contributed by atoms with E-state index < -0.39 is 0 Å². The van der Waals surface area contributed by atoms with Crippen LogP contribution in [0.2, 0.25) is 0 Å². The molecule has 1 amide bonds. The Morgan fingerprint density at radius 2 is 1.83 bits per heavy atom. The second kappa shape index (κ2) is 10.9. The van der Waals surface area contributed by atoms with Crippen molar-refractivity contribution in [3.05, 3.63) is 42.5 Å². The molecular weight excluding hydrogens is 367 g/mol. The van der Waals surface area contributed by atoms with Crippen molar-refractivity contribution in [2.24, 2.45) is 5.92 Å². The molecule has 1 aromatic carbocycles. The molecule has 1 aromatic heterocycles. The van der Waals surface area contributed by atoms with Gasteiger partial charge in [-0.2, -0.15) is 0 Å². The lowest BCUT2D eigenvalue weighted by Gasteiger charge is -2.32. The van der Waals surface area contributed by atoms with Gasteiger partial charge in [0, 0.05) is 37.6 Å². The van der Waals surface area contributed by atoms with Crippen LogP contribution in [0, 0.1) is 11.7 Å². The fourth-order valence-electron chi connectivity index (χ4n) is 3.73. The second-order valence-electron chi connectivity index (χ2n) is 7.77. The van der Waals surface area contributed by atoms with Crippen molar-refractivity contribution < 1.29 is 9.18 Å². The van der Waals surface area contributed by atoms with Crippen molar-refractivity contribution in [1.29, 1.82) is 0 Å². The molecule has 3 rings (SSSR count). The topological polar surface area (TPSA) is 58.1 Å². The molecule has 0 unspecified atom stereocenters. The summed E-state index contributed by atoms with van der Waals surface area (Å²) in [6.07, 6.45) is 11.4. The lowest BCUT2D eigenvalue weighted by molar-refractivity contribution is -0.125. The molecule has 29 heavy (non-hydrogen) atoms. The van der Waals surface area contributed by atoms with Crippen molar-refractivity contribution in [2.75, 3.05) is 24.5 Å². The fraction of sp³-hybridized carbons (Fsp3) is 0.522. The number of halogens is 1. The number of carbonyl (C=O) groups is 1. The molecule has 1 saturated heterocycles. The molecule has 1 aliphatic rings. The standard InChI is InChI=1S/C23H31FN4O/c1-2-3-4-5-6-13-25-22(29)19-8-7-14-28(17-19)23-26-15-20(16-27-23)18-9-11-21(24)12-10-18/h9-12,15-16,19H,2-8,13-14,17H2,1H3,(H,25,29)/t19-/m1/s1. The number of rotatable bonds is 9. The van der Waals surface area contributed by atoms with Gasteiger partial charge in [0.15, 0.2) is 0 Å². The first-order valence-corrected chi connectivity index (χ1v) is 10.8. The highest BCUT2D eigenvalue weighted by Crippen LogP contribution is 2.23. The van der Waals surface area contributed by atoms with Gasteiger partial charge in [0.1, 0.15) is 5.82 Å². The highest BCUT2D eigenvalue weighted by Gasteiger charge is 2.26. The first-order chi connectivity index (χ1) is 14.2. The summed E-state index contributed by atoms with van der Waals surface area (Å²) in [4.78, 5) is 23.6. The molecule has 0 bridgehead atoms. The average molecular weight is 399 g/mol. The van der Waals surface area contributed by atoms with E-state index in [2.05, 4.69) is 27.1 Å². The minimum Gasteiger partial charge on any atom is -0.356 e. The highest BCUT2D eigenvalue weighted by molar-refractivity contribution is 5.79. The predicted molar refractivity (Wildman–Crippen MR) is 114 cm³/mol. The van der Waals surface area contributed by atoms with Crippen LogP contribution in [0.4, 0.5) is 10.3 Å². The summed E-state index contributed by atoms with van der Waals surface area (Å²) >= 11 is 0. The van der Waals surface area contributed by atoms with Crippen LogP contribution in [0.5, 0.6) is 0 Å². The van der Waals surface area contributed by atoms with Gasteiger partial charge in [-0.05, 0) is 37.0 Å². The third kappa shape index (κ3) is 6.24. The second-order valence-corrected chi connectivity index (χ2v) is 7.77. The van der Waals surface area contributed by atoms with Gasteiger partial charge in [-0.25, -0.2) is 14.4 Å². The van der Waals surface area contributed by atoms with Gasteiger partial charge < -0.3 is 10.2 Å². The molecule has 2 aromatic rings. The number of hydrogen-bond acceptors (Lipinski definition) is 4. The Bertz CT molecular complexity index is 763. The minimum absolute atomic E-state index is 0.0141. The van der Waals surface area contributed by atoms with E-state index in [1.54, 1.807) is 24.5 Å². The Kier molecular flexibility index (Phi) is 7.96. The zero-order chi connectivity index (χ0) is 20.5. The molecule has 1 N–H and O–H groups in total. The van der Waals surface area contributed by atoms with Crippen molar-refractivity contribution >= 4 is 11.9 Å². The van der Waals surface area contributed by atoms with Crippen LogP contribution in [0.1, 0.15) is 51.9 Å². The summed E-state index contributed by atoms with van der Waals surface area (Å²) in [6.45, 7) is 4.48. The van der Waals surface area contributed by atoms with Gasteiger partial charge in [0.25, 0.3) is 0 Å². The smallest absolute Gasteiger partial charge is 0.225 e. The van der Waals surface area contributed by atoms with Crippen molar-refractivity contribution in [3.63, 3.8) is 0 Å². The number of amides is 1. The van der Waals surface area contributed by atoms with Crippen LogP contribution in [-0.4, -0.2) is 35.5 Å². The van der Waals surface area contributed by atoms with Crippen LogP contribution in [0.15, 0.2) is 36.7 Å². The molecule has 5 nitrogen and oxygen atoms in total. The zero-order valence-corrected chi connectivity index (χ0v) is 17.2. The Balaban J connectivity index is 1.51. The molecule has 1 atom stereocenters. The number of unbranched alkanes of at least 4 members (excludes halogenated alkanes) is 4. The van der Waals surface area contributed by atoms with Crippen molar-refractivity contribution in [3.8, 4) is 11.1 Å². The van der Waals surface area contributed by atoms with Crippen LogP contribution in [-0.2, 0) is 4.79 Å². The lowest BCUT2D eigenvalue weighted by Crippen LogP contribution is -2.43. The zero-order valence-electron chi connectivity index (χ0n) is 17.2. The molecular formula is C23H31FN4O. The Morgan fingerprint density at radius 1 is 1.10 bits per heavy atom. The molecule has 0 saturated carbocycles. The van der Waals surface area contributed by atoms with E-state index in [4.69, 9.17) is 0 Å². The van der Waals surface area contributed by atoms with Gasteiger partial charge in [-0.3, -0.25) is 4.79 Å². The van der Waals surface area contributed by atoms with Gasteiger partial charge >= 0.3 is 0 Å². The minimum atomic E-state index is -0.259. The normalized spacial score (nSPS) is 16.6. The molecule has 6 heteroatoms. The first-order valence-electron chi connectivity index (χ1n) is 10.8. The summed E-state index contributed by atoms with van der Waals surface area (Å²) in [5.41, 5.74) is 1.73. The fourth-order valence-corrected chi connectivity index (χ4v) is 3.73. The number of hydrogen-bond donors (Lipinski definition) is 1. The number of piperidine rings is 1. The molecule has 0 radical (unpaired) electrons. The van der Waals surface area contributed by atoms with E-state index in [0.29, 0.717) is 12.5 Å². The van der Waals surface area contributed by atoms with Gasteiger partial charge in [-0.1, -0.05) is 44.7 Å². The van der Waals surface area contributed by atoms with E-state index in [1.807, 2.05) is 0 Å². The molecule has 156 valence electrons. The van der Waals surface area contributed by atoms with Crippen molar-refractivity contribution in [1.82, 2.24) is 15.3 Å². The monoisotopic (exact) mass is 398 g/mol. The quantitative estimate of drug-likeness (QED) is 0.628. The largest absolute Gasteiger partial charge is 0.356 e. The van der Waals surface area contributed by atoms with Crippen LogP contribution in [0.3, 0.4) is 0 Å². The predicted octanol–water partition coefficient (Wildman–Crippen LogP) is 4.59. The maximum absolute atomic E-state index is 13.1. The summed E-state index contributed by atoms with van der Waals surface area (Å²) in [7, 11) is 0. The number of benzene rings is 1. The highest BCUT2D eigenvalue weighted by atomic mass is 19.1. The van der Waals surface area contributed by atoms with E-state index in [9.17, 15) is 9.18 Å². The SMILES string of the molecule is CCCCCCCNC(=O)[C@@H]1CCCN(c2ncc(-c3ccc(F)cc3)cn2)C1. The summed E-state index contributed by atoms with van der Waals surface area (Å²) in [5, 5.41) is 3.10. The maximum Gasteiger partial charge on any atom is 0.225 e. The summed E-state index contributed by atoms with van der Waals surface area (Å²) in [6, 6.07) is 6.30.